The van der Waals surface area contributed by atoms with Crippen LogP contribution in [0.1, 0.15) is 103 Å². The van der Waals surface area contributed by atoms with E-state index in [1.807, 2.05) is 0 Å². The van der Waals surface area contributed by atoms with Gasteiger partial charge in [-0.05, 0) is 32.1 Å². The number of allylic oxidation sites excluding steroid dienone is 2. The minimum Gasteiger partial charge on any atom is -0.331 e. The van der Waals surface area contributed by atoms with Crippen molar-refractivity contribution in [1.29, 1.82) is 0 Å². The van der Waals surface area contributed by atoms with E-state index in [4.69, 9.17) is 9.05 Å². The molecule has 0 aliphatic carbocycles. The molecular formula is C24H51NO4P+. The molecule has 0 aliphatic rings. The van der Waals surface area contributed by atoms with E-state index in [2.05, 4.69) is 40.2 Å². The van der Waals surface area contributed by atoms with E-state index in [0.717, 1.165) is 36.7 Å². The van der Waals surface area contributed by atoms with Crippen LogP contribution in [-0.4, -0.2) is 50.3 Å². The molecule has 0 rings (SSSR count). The van der Waals surface area contributed by atoms with Crippen LogP contribution < -0.4 is 0 Å². The number of quaternary nitrogens is 1. The third kappa shape index (κ3) is 24.1. The van der Waals surface area contributed by atoms with Crippen LogP contribution in [-0.2, 0) is 13.6 Å². The molecule has 0 aromatic rings. The van der Waals surface area contributed by atoms with Crippen molar-refractivity contribution in [3.8, 4) is 0 Å². The van der Waals surface area contributed by atoms with Gasteiger partial charge in [0.1, 0.15) is 0 Å². The Kier molecular flexibility index (Phi) is 19.4. The minimum absolute atomic E-state index is 0.261. The van der Waals surface area contributed by atoms with Crippen LogP contribution in [0, 0.1) is 0 Å². The Bertz CT molecular complexity index is 449. The van der Waals surface area contributed by atoms with Crippen molar-refractivity contribution < 1.29 is 23.0 Å². The summed E-state index contributed by atoms with van der Waals surface area (Å²) in [6.45, 7) is 3.72. The van der Waals surface area contributed by atoms with Crippen molar-refractivity contribution >= 4 is 7.82 Å². The van der Waals surface area contributed by atoms with Gasteiger partial charge in [0, 0.05) is 6.42 Å². The average Bonchev–Trinajstić information content (AvgIpc) is 2.67. The Labute approximate surface area is 187 Å². The van der Waals surface area contributed by atoms with Crippen molar-refractivity contribution in [2.24, 2.45) is 0 Å². The lowest BCUT2D eigenvalue weighted by molar-refractivity contribution is -0.870. The van der Waals surface area contributed by atoms with Crippen LogP contribution in [0.4, 0.5) is 0 Å². The Balaban J connectivity index is 3.37. The first-order chi connectivity index (χ1) is 14.3. The summed E-state index contributed by atoms with van der Waals surface area (Å²) in [5, 5.41) is 0. The predicted molar refractivity (Wildman–Crippen MR) is 129 cm³/mol. The zero-order valence-electron chi connectivity index (χ0n) is 20.4. The highest BCUT2D eigenvalue weighted by Crippen LogP contribution is 2.43. The van der Waals surface area contributed by atoms with Gasteiger partial charge in [0.05, 0.1) is 40.9 Å². The van der Waals surface area contributed by atoms with E-state index in [9.17, 15) is 9.46 Å². The summed E-state index contributed by atoms with van der Waals surface area (Å²) in [5.74, 6) is 0. The monoisotopic (exact) mass is 448 g/mol. The first kappa shape index (κ1) is 29.8. The van der Waals surface area contributed by atoms with Gasteiger partial charge in [-0.15, -0.1) is 0 Å². The van der Waals surface area contributed by atoms with E-state index in [0.29, 0.717) is 6.61 Å². The molecule has 0 bridgehead atoms. The van der Waals surface area contributed by atoms with Gasteiger partial charge >= 0.3 is 7.82 Å². The first-order valence-corrected chi connectivity index (χ1v) is 13.8. The predicted octanol–water partition coefficient (Wildman–Crippen LogP) is 7.25. The van der Waals surface area contributed by atoms with Crippen LogP contribution in [0.5, 0.6) is 0 Å². The maximum absolute atomic E-state index is 11.8. The minimum atomic E-state index is -3.88. The molecule has 1 atom stereocenters. The lowest BCUT2D eigenvalue weighted by Crippen LogP contribution is -2.35. The quantitative estimate of drug-likeness (QED) is 0.0820. The fraction of sp³-hybridized carbons (Fsp3) is 0.917. The van der Waals surface area contributed by atoms with Gasteiger partial charge in [0.2, 0.25) is 0 Å². The van der Waals surface area contributed by atoms with E-state index >= 15 is 0 Å². The molecule has 0 saturated heterocycles. The molecule has 0 aromatic carbocycles. The number of rotatable bonds is 22. The molecule has 0 heterocycles. The number of hydrogen-bond donors (Lipinski definition) is 1. The second kappa shape index (κ2) is 19.5. The molecule has 0 saturated carbocycles. The van der Waals surface area contributed by atoms with Crippen molar-refractivity contribution in [3.63, 3.8) is 0 Å². The molecule has 0 aliphatic heterocycles. The molecule has 0 fully saturated rings. The van der Waals surface area contributed by atoms with Gasteiger partial charge in [-0.2, -0.15) is 0 Å². The van der Waals surface area contributed by atoms with Gasteiger partial charge in [0.25, 0.3) is 0 Å². The number of unbranched alkanes of at least 4 members (excludes halogenated alkanes) is 12. The Hall–Kier alpha value is -0.190. The molecule has 180 valence electrons. The fourth-order valence-electron chi connectivity index (χ4n) is 3.29. The standard InChI is InChI=1S/C24H50NO4P/c1-5-6-7-8-9-10-11-12-13-14-15-16-17-18-19-20-23-28-30(26,27)29-24-21-22-25(2,3)4/h12-13H,5-11,14-24H2,1-4H3/p+1. The number of phosphoric acid groups is 1. The van der Waals surface area contributed by atoms with Gasteiger partial charge in [-0.1, -0.05) is 76.9 Å². The summed E-state index contributed by atoms with van der Waals surface area (Å²) in [6, 6.07) is 0. The smallest absolute Gasteiger partial charge is 0.331 e. The summed E-state index contributed by atoms with van der Waals surface area (Å²) in [5.41, 5.74) is 0. The fourth-order valence-corrected chi connectivity index (χ4v) is 4.08. The third-order valence-electron chi connectivity index (χ3n) is 5.14. The zero-order chi connectivity index (χ0) is 22.6. The third-order valence-corrected chi connectivity index (χ3v) is 6.16. The normalized spacial score (nSPS) is 14.4. The van der Waals surface area contributed by atoms with Crippen molar-refractivity contribution in [2.45, 2.75) is 103 Å². The molecule has 5 nitrogen and oxygen atoms in total. The lowest BCUT2D eigenvalue weighted by atomic mass is 10.1. The van der Waals surface area contributed by atoms with Gasteiger partial charge < -0.3 is 9.38 Å². The molecular weight excluding hydrogens is 397 g/mol. The SMILES string of the molecule is CCCCCCCCC=CCCCCCCCCOP(=O)(O)OCCC[N+](C)(C)C. The van der Waals surface area contributed by atoms with Crippen molar-refractivity contribution in [3.05, 3.63) is 12.2 Å². The number of hydrogen-bond acceptors (Lipinski definition) is 3. The van der Waals surface area contributed by atoms with E-state index in [-0.39, 0.29) is 6.61 Å². The molecule has 1 N–H and O–H groups in total. The second-order valence-corrected chi connectivity index (χ2v) is 10.9. The summed E-state index contributed by atoms with van der Waals surface area (Å²) in [4.78, 5) is 9.67. The Morgan fingerprint density at radius 3 is 1.63 bits per heavy atom. The molecule has 0 aromatic heterocycles. The Morgan fingerprint density at radius 2 is 1.13 bits per heavy atom. The largest absolute Gasteiger partial charge is 0.472 e. The van der Waals surface area contributed by atoms with Crippen molar-refractivity contribution in [2.75, 3.05) is 40.9 Å². The van der Waals surface area contributed by atoms with Gasteiger partial charge in [-0.3, -0.25) is 9.05 Å². The second-order valence-electron chi connectivity index (χ2n) is 9.44. The summed E-state index contributed by atoms with van der Waals surface area (Å²) >= 11 is 0. The highest BCUT2D eigenvalue weighted by molar-refractivity contribution is 7.47. The average molecular weight is 449 g/mol. The van der Waals surface area contributed by atoms with Crippen LogP contribution in [0.3, 0.4) is 0 Å². The maximum atomic E-state index is 11.8. The van der Waals surface area contributed by atoms with E-state index < -0.39 is 7.82 Å². The molecule has 0 amide bonds. The summed E-state index contributed by atoms with van der Waals surface area (Å²) in [6.07, 6.45) is 22.8. The molecule has 0 radical (unpaired) electrons. The van der Waals surface area contributed by atoms with Gasteiger partial charge in [0.15, 0.2) is 0 Å². The number of nitrogens with zero attached hydrogens (tertiary/aromatic N) is 1. The van der Waals surface area contributed by atoms with Crippen molar-refractivity contribution in [1.82, 2.24) is 0 Å². The molecule has 1 unspecified atom stereocenters. The van der Waals surface area contributed by atoms with Crippen LogP contribution in [0.25, 0.3) is 0 Å². The molecule has 0 spiro atoms. The highest BCUT2D eigenvalue weighted by Gasteiger charge is 2.20. The molecule has 30 heavy (non-hydrogen) atoms. The first-order valence-electron chi connectivity index (χ1n) is 12.3. The summed E-state index contributed by atoms with van der Waals surface area (Å²) < 4.78 is 22.7. The van der Waals surface area contributed by atoms with E-state index in [1.165, 1.54) is 70.6 Å². The highest BCUT2D eigenvalue weighted by atomic mass is 31.2. The number of phosphoric ester groups is 1. The topological polar surface area (TPSA) is 55.8 Å². The van der Waals surface area contributed by atoms with Crippen LogP contribution in [0.2, 0.25) is 0 Å². The lowest BCUT2D eigenvalue weighted by Gasteiger charge is -2.23. The molecule has 6 heteroatoms. The van der Waals surface area contributed by atoms with Crippen LogP contribution in [0.15, 0.2) is 12.2 Å². The summed E-state index contributed by atoms with van der Waals surface area (Å²) in [7, 11) is 2.38. The Morgan fingerprint density at radius 1 is 0.700 bits per heavy atom. The van der Waals surface area contributed by atoms with E-state index in [1.54, 1.807) is 0 Å². The maximum Gasteiger partial charge on any atom is 0.472 e. The zero-order valence-corrected chi connectivity index (χ0v) is 21.3. The van der Waals surface area contributed by atoms with Crippen LogP contribution >= 0.6 is 7.82 Å². The van der Waals surface area contributed by atoms with Gasteiger partial charge in [-0.25, -0.2) is 4.57 Å².